The molecule has 6 heteroatoms. The number of fused-ring (bicyclic) bond motifs is 1. The van der Waals surface area contributed by atoms with Crippen molar-refractivity contribution in [1.82, 2.24) is 4.90 Å². The maximum atomic E-state index is 13.3. The average Bonchev–Trinajstić information content (AvgIpc) is 3.39. The molecule has 2 aliphatic carbocycles. The summed E-state index contributed by atoms with van der Waals surface area (Å²) >= 11 is 0. The van der Waals surface area contributed by atoms with Gasteiger partial charge in [-0.05, 0) is 49.8 Å². The molecule has 2 saturated carbocycles. The predicted molar refractivity (Wildman–Crippen MR) is 99.0 cm³/mol. The number of carbonyl (C=O) groups is 2. The topological polar surface area (TPSA) is 76.1 Å². The molecule has 6 nitrogen and oxygen atoms in total. The van der Waals surface area contributed by atoms with Gasteiger partial charge in [0.2, 0.25) is 5.91 Å². The molecule has 1 aliphatic heterocycles. The van der Waals surface area contributed by atoms with E-state index < -0.39 is 12.0 Å². The third-order valence-corrected chi connectivity index (χ3v) is 6.57. The number of benzene rings is 1. The molecule has 146 valence electrons. The fraction of sp³-hybridized carbons (Fsp3) is 0.619. The number of rotatable bonds is 5. The Labute approximate surface area is 159 Å². The molecule has 0 bridgehead atoms. The van der Waals surface area contributed by atoms with Crippen LogP contribution in [0.25, 0.3) is 0 Å². The van der Waals surface area contributed by atoms with E-state index in [0.717, 1.165) is 49.2 Å². The Morgan fingerprint density at radius 1 is 1.11 bits per heavy atom. The molecular formula is C21H27NO5. The Morgan fingerprint density at radius 2 is 1.89 bits per heavy atom. The second-order valence-corrected chi connectivity index (χ2v) is 8.00. The van der Waals surface area contributed by atoms with E-state index in [0.29, 0.717) is 12.3 Å². The number of likely N-dealkylation sites (tertiary alicyclic amines) is 1. The monoisotopic (exact) mass is 373 g/mol. The van der Waals surface area contributed by atoms with Crippen molar-refractivity contribution >= 4 is 11.9 Å². The van der Waals surface area contributed by atoms with Crippen LogP contribution in [0.1, 0.15) is 50.0 Å². The fourth-order valence-corrected chi connectivity index (χ4v) is 5.13. The van der Waals surface area contributed by atoms with Crippen LogP contribution in [0.3, 0.4) is 0 Å². The van der Waals surface area contributed by atoms with Crippen LogP contribution >= 0.6 is 0 Å². The van der Waals surface area contributed by atoms with E-state index in [-0.39, 0.29) is 23.8 Å². The molecule has 1 aromatic rings. The van der Waals surface area contributed by atoms with Gasteiger partial charge in [0.15, 0.2) is 0 Å². The molecule has 4 rings (SSSR count). The standard InChI is InChI=1S/C21H27NO5/c1-26-13-7-8-19(27-2)15(10-13)14-11-16(14)20(23)22-17-6-4-3-5-12(17)9-18(22)21(24)25/h7-8,10,12,14,16-18H,3-6,9,11H2,1-2H3,(H,24,25). The van der Waals surface area contributed by atoms with Crippen LogP contribution in [-0.2, 0) is 9.59 Å². The van der Waals surface area contributed by atoms with Crippen molar-refractivity contribution in [2.75, 3.05) is 14.2 Å². The summed E-state index contributed by atoms with van der Waals surface area (Å²) in [6, 6.07) is 5.06. The summed E-state index contributed by atoms with van der Waals surface area (Å²) in [4.78, 5) is 26.8. The van der Waals surface area contributed by atoms with Gasteiger partial charge in [-0.25, -0.2) is 4.79 Å². The minimum absolute atomic E-state index is 0.00618. The molecule has 5 atom stereocenters. The van der Waals surface area contributed by atoms with Crippen LogP contribution in [0.15, 0.2) is 18.2 Å². The molecule has 3 fully saturated rings. The smallest absolute Gasteiger partial charge is 0.326 e. The van der Waals surface area contributed by atoms with Crippen molar-refractivity contribution in [2.24, 2.45) is 11.8 Å². The number of methoxy groups -OCH3 is 2. The molecule has 1 heterocycles. The van der Waals surface area contributed by atoms with Gasteiger partial charge in [0.25, 0.3) is 0 Å². The van der Waals surface area contributed by atoms with Gasteiger partial charge in [0, 0.05) is 23.4 Å². The van der Waals surface area contributed by atoms with Crippen molar-refractivity contribution in [3.63, 3.8) is 0 Å². The van der Waals surface area contributed by atoms with Crippen molar-refractivity contribution in [3.8, 4) is 11.5 Å². The van der Waals surface area contributed by atoms with E-state index in [2.05, 4.69) is 0 Å². The van der Waals surface area contributed by atoms with Crippen molar-refractivity contribution in [2.45, 2.75) is 56.5 Å². The third-order valence-electron chi connectivity index (χ3n) is 6.57. The summed E-state index contributed by atoms with van der Waals surface area (Å²) < 4.78 is 10.8. The number of carbonyl (C=O) groups excluding carboxylic acids is 1. The average molecular weight is 373 g/mol. The number of nitrogens with zero attached hydrogens (tertiary/aromatic N) is 1. The first kappa shape index (κ1) is 18.1. The van der Waals surface area contributed by atoms with Crippen LogP contribution in [0.5, 0.6) is 11.5 Å². The van der Waals surface area contributed by atoms with Gasteiger partial charge in [0.1, 0.15) is 17.5 Å². The van der Waals surface area contributed by atoms with Gasteiger partial charge in [-0.3, -0.25) is 4.79 Å². The van der Waals surface area contributed by atoms with Crippen LogP contribution < -0.4 is 9.47 Å². The van der Waals surface area contributed by atoms with Crippen LogP contribution in [0.2, 0.25) is 0 Å². The minimum atomic E-state index is -0.867. The lowest BCUT2D eigenvalue weighted by Gasteiger charge is -2.33. The lowest BCUT2D eigenvalue weighted by molar-refractivity contribution is -0.150. The number of hydrogen-bond donors (Lipinski definition) is 1. The molecule has 1 aromatic carbocycles. The van der Waals surface area contributed by atoms with E-state index >= 15 is 0 Å². The van der Waals surface area contributed by atoms with E-state index in [1.807, 2.05) is 18.2 Å². The highest BCUT2D eigenvalue weighted by Gasteiger charge is 2.54. The number of hydrogen-bond acceptors (Lipinski definition) is 4. The first-order chi connectivity index (χ1) is 13.0. The number of carboxylic acids is 1. The highest BCUT2D eigenvalue weighted by Crippen LogP contribution is 2.53. The van der Waals surface area contributed by atoms with Crippen LogP contribution in [-0.4, -0.2) is 48.2 Å². The zero-order chi connectivity index (χ0) is 19.1. The highest BCUT2D eigenvalue weighted by atomic mass is 16.5. The Bertz CT molecular complexity index is 748. The summed E-state index contributed by atoms with van der Waals surface area (Å²) in [5, 5.41) is 9.68. The van der Waals surface area contributed by atoms with Gasteiger partial charge < -0.3 is 19.5 Å². The highest BCUT2D eigenvalue weighted by molar-refractivity contribution is 5.89. The number of ether oxygens (including phenoxy) is 2. The van der Waals surface area contributed by atoms with E-state index in [1.165, 1.54) is 0 Å². The molecule has 3 aliphatic rings. The summed E-state index contributed by atoms with van der Waals surface area (Å²) in [5.74, 6) is 0.879. The number of aliphatic carboxylic acids is 1. The molecule has 0 spiro atoms. The maximum Gasteiger partial charge on any atom is 0.326 e. The lowest BCUT2D eigenvalue weighted by Crippen LogP contribution is -2.47. The zero-order valence-electron chi connectivity index (χ0n) is 15.9. The summed E-state index contributed by atoms with van der Waals surface area (Å²) in [6.45, 7) is 0. The number of amides is 1. The van der Waals surface area contributed by atoms with Crippen LogP contribution in [0.4, 0.5) is 0 Å². The number of carboxylic acid groups (broad SMARTS) is 1. The van der Waals surface area contributed by atoms with Gasteiger partial charge in [0.05, 0.1) is 14.2 Å². The normalized spacial score (nSPS) is 31.9. The molecule has 0 radical (unpaired) electrons. The quantitative estimate of drug-likeness (QED) is 0.858. The predicted octanol–water partition coefficient (Wildman–Crippen LogP) is 3.05. The van der Waals surface area contributed by atoms with Gasteiger partial charge in [-0.2, -0.15) is 0 Å². The molecule has 1 N–H and O–H groups in total. The molecular weight excluding hydrogens is 346 g/mol. The SMILES string of the molecule is COc1ccc(OC)c(C2CC2C(=O)N2C(C(=O)O)CC3CCCCC32)c1. The van der Waals surface area contributed by atoms with Gasteiger partial charge >= 0.3 is 5.97 Å². The maximum absolute atomic E-state index is 13.3. The molecule has 1 amide bonds. The lowest BCUT2D eigenvalue weighted by atomic mass is 9.84. The third kappa shape index (κ3) is 3.15. The first-order valence-corrected chi connectivity index (χ1v) is 9.82. The fourth-order valence-electron chi connectivity index (χ4n) is 5.13. The second-order valence-electron chi connectivity index (χ2n) is 8.00. The Hall–Kier alpha value is -2.24. The Balaban J connectivity index is 1.56. The zero-order valence-corrected chi connectivity index (χ0v) is 15.9. The van der Waals surface area contributed by atoms with E-state index in [1.54, 1.807) is 19.1 Å². The molecule has 5 unspecified atom stereocenters. The second kappa shape index (κ2) is 7.06. The van der Waals surface area contributed by atoms with Crippen molar-refractivity contribution < 1.29 is 24.2 Å². The van der Waals surface area contributed by atoms with Crippen LogP contribution in [0, 0.1) is 11.8 Å². The Morgan fingerprint density at radius 3 is 2.59 bits per heavy atom. The van der Waals surface area contributed by atoms with Gasteiger partial charge in [-0.1, -0.05) is 12.8 Å². The summed E-state index contributed by atoms with van der Waals surface area (Å²) in [5.41, 5.74) is 0.974. The van der Waals surface area contributed by atoms with E-state index in [4.69, 9.17) is 9.47 Å². The minimum Gasteiger partial charge on any atom is -0.497 e. The molecule has 1 saturated heterocycles. The van der Waals surface area contributed by atoms with E-state index in [9.17, 15) is 14.7 Å². The first-order valence-electron chi connectivity index (χ1n) is 9.82. The molecule has 27 heavy (non-hydrogen) atoms. The van der Waals surface area contributed by atoms with Crippen molar-refractivity contribution in [1.29, 1.82) is 0 Å². The Kier molecular flexibility index (Phi) is 4.74. The van der Waals surface area contributed by atoms with Gasteiger partial charge in [-0.15, -0.1) is 0 Å². The largest absolute Gasteiger partial charge is 0.497 e. The summed E-state index contributed by atoms with van der Waals surface area (Å²) in [6.07, 6.45) is 5.53. The molecule has 0 aromatic heterocycles. The summed E-state index contributed by atoms with van der Waals surface area (Å²) in [7, 11) is 3.24. The van der Waals surface area contributed by atoms with Crippen molar-refractivity contribution in [3.05, 3.63) is 23.8 Å².